The average Bonchev–Trinajstić information content (AvgIpc) is 2.17. The third kappa shape index (κ3) is 0.972. The number of hydrogen-bond acceptors (Lipinski definition) is 4. The van der Waals surface area contributed by atoms with Crippen molar-refractivity contribution in [2.24, 2.45) is 0 Å². The van der Waals surface area contributed by atoms with Gasteiger partial charge >= 0.3 is 0 Å². The molecule has 0 aliphatic rings. The van der Waals surface area contributed by atoms with Crippen molar-refractivity contribution in [2.45, 2.75) is 0 Å². The molecule has 2 aromatic rings. The molecule has 0 spiro atoms. The van der Waals surface area contributed by atoms with Crippen LogP contribution in [-0.4, -0.2) is 22.3 Å². The molecule has 0 amide bonds. The second-order valence-electron chi connectivity index (χ2n) is 2.32. The highest BCUT2D eigenvalue weighted by Gasteiger charge is 2.00. The molecule has 2 aromatic heterocycles. The predicted octanol–water partition coefficient (Wildman–Crippen LogP) is 1.03. The van der Waals surface area contributed by atoms with Gasteiger partial charge in [0, 0.05) is 17.8 Å². The van der Waals surface area contributed by atoms with Gasteiger partial charge in [0.2, 0.25) is 5.88 Å². The lowest BCUT2D eigenvalue weighted by Crippen LogP contribution is -1.91. The lowest BCUT2D eigenvalue weighted by Gasteiger charge is -2.00. The monoisotopic (exact) mass is 161 g/mol. The second kappa shape index (κ2) is 2.73. The summed E-state index contributed by atoms with van der Waals surface area (Å²) < 4.78 is 5.03. The standard InChI is InChI=1S/C8H7N3O/c1-12-8-7-2-3-9-4-6(7)5-10-11-8/h2-5H,1H3. The fraction of sp³-hybridized carbons (Fsp3) is 0.125. The van der Waals surface area contributed by atoms with E-state index in [1.165, 1.54) is 0 Å². The Morgan fingerprint density at radius 3 is 3.08 bits per heavy atom. The van der Waals surface area contributed by atoms with E-state index in [4.69, 9.17) is 4.74 Å². The molecule has 0 N–H and O–H groups in total. The number of methoxy groups -OCH3 is 1. The number of fused-ring (bicyclic) bond motifs is 1. The van der Waals surface area contributed by atoms with Crippen molar-refractivity contribution in [3.63, 3.8) is 0 Å². The van der Waals surface area contributed by atoms with E-state index < -0.39 is 0 Å². The van der Waals surface area contributed by atoms with Crippen molar-refractivity contribution in [1.82, 2.24) is 15.2 Å². The molecular formula is C8H7N3O. The van der Waals surface area contributed by atoms with E-state index in [9.17, 15) is 0 Å². The van der Waals surface area contributed by atoms with Gasteiger partial charge in [-0.05, 0) is 6.07 Å². The summed E-state index contributed by atoms with van der Waals surface area (Å²) in [4.78, 5) is 3.96. The Morgan fingerprint density at radius 2 is 2.25 bits per heavy atom. The molecule has 0 aliphatic heterocycles. The number of aromatic nitrogens is 3. The molecule has 0 aromatic carbocycles. The Morgan fingerprint density at radius 1 is 1.33 bits per heavy atom. The van der Waals surface area contributed by atoms with Crippen LogP contribution in [0.4, 0.5) is 0 Å². The zero-order valence-electron chi connectivity index (χ0n) is 6.56. The van der Waals surface area contributed by atoms with Gasteiger partial charge in [-0.3, -0.25) is 4.98 Å². The Bertz CT molecular complexity index is 397. The van der Waals surface area contributed by atoms with Crippen LogP contribution in [0.15, 0.2) is 24.7 Å². The van der Waals surface area contributed by atoms with E-state index >= 15 is 0 Å². The molecule has 12 heavy (non-hydrogen) atoms. The van der Waals surface area contributed by atoms with Crippen molar-refractivity contribution in [3.05, 3.63) is 24.7 Å². The summed E-state index contributed by atoms with van der Waals surface area (Å²) >= 11 is 0. The highest BCUT2D eigenvalue weighted by molar-refractivity contribution is 5.84. The highest BCUT2D eigenvalue weighted by Crippen LogP contribution is 2.19. The van der Waals surface area contributed by atoms with E-state index in [2.05, 4.69) is 15.2 Å². The first-order valence-electron chi connectivity index (χ1n) is 3.51. The van der Waals surface area contributed by atoms with Gasteiger partial charge in [0.15, 0.2) is 0 Å². The van der Waals surface area contributed by atoms with Crippen LogP contribution in [0.25, 0.3) is 10.8 Å². The Balaban J connectivity index is 2.79. The van der Waals surface area contributed by atoms with Crippen LogP contribution in [0.2, 0.25) is 0 Å². The van der Waals surface area contributed by atoms with Crippen LogP contribution in [0.5, 0.6) is 5.88 Å². The van der Waals surface area contributed by atoms with Gasteiger partial charge in [0.1, 0.15) is 0 Å². The number of nitrogens with zero attached hydrogens (tertiary/aromatic N) is 3. The molecule has 0 fully saturated rings. The van der Waals surface area contributed by atoms with Gasteiger partial charge in [-0.15, -0.1) is 5.10 Å². The van der Waals surface area contributed by atoms with E-state index in [-0.39, 0.29) is 0 Å². The fourth-order valence-corrected chi connectivity index (χ4v) is 1.05. The van der Waals surface area contributed by atoms with Crippen LogP contribution in [0.1, 0.15) is 0 Å². The summed E-state index contributed by atoms with van der Waals surface area (Å²) in [6.07, 6.45) is 5.09. The molecular weight excluding hydrogens is 154 g/mol. The van der Waals surface area contributed by atoms with Gasteiger partial charge in [0.05, 0.1) is 18.7 Å². The van der Waals surface area contributed by atoms with Crippen molar-refractivity contribution in [2.75, 3.05) is 7.11 Å². The first-order valence-corrected chi connectivity index (χ1v) is 3.51. The molecule has 0 saturated carbocycles. The highest BCUT2D eigenvalue weighted by atomic mass is 16.5. The maximum Gasteiger partial charge on any atom is 0.241 e. The Hall–Kier alpha value is -1.71. The lowest BCUT2D eigenvalue weighted by molar-refractivity contribution is 0.398. The SMILES string of the molecule is COc1nncc2cnccc12. The normalized spacial score (nSPS) is 10.1. The second-order valence-corrected chi connectivity index (χ2v) is 2.32. The molecule has 2 heterocycles. The van der Waals surface area contributed by atoms with Crippen LogP contribution in [0.3, 0.4) is 0 Å². The summed E-state index contributed by atoms with van der Waals surface area (Å²) in [7, 11) is 1.57. The molecule has 60 valence electrons. The molecule has 4 heteroatoms. The predicted molar refractivity (Wildman–Crippen MR) is 43.9 cm³/mol. The van der Waals surface area contributed by atoms with E-state index in [0.29, 0.717) is 5.88 Å². The lowest BCUT2D eigenvalue weighted by atomic mass is 10.2. The van der Waals surface area contributed by atoms with Crippen LogP contribution >= 0.6 is 0 Å². The number of hydrogen-bond donors (Lipinski definition) is 0. The zero-order valence-corrected chi connectivity index (χ0v) is 6.56. The first kappa shape index (κ1) is 6.97. The van der Waals surface area contributed by atoms with E-state index in [1.54, 1.807) is 25.7 Å². The van der Waals surface area contributed by atoms with Crippen molar-refractivity contribution in [3.8, 4) is 5.88 Å². The smallest absolute Gasteiger partial charge is 0.241 e. The molecule has 0 atom stereocenters. The van der Waals surface area contributed by atoms with Gasteiger partial charge in [0.25, 0.3) is 0 Å². The molecule has 4 nitrogen and oxygen atoms in total. The van der Waals surface area contributed by atoms with Crippen LogP contribution < -0.4 is 4.74 Å². The summed E-state index contributed by atoms with van der Waals surface area (Å²) in [5.74, 6) is 0.537. The minimum atomic E-state index is 0.537. The number of rotatable bonds is 1. The molecule has 0 bridgehead atoms. The maximum absolute atomic E-state index is 5.03. The molecule has 0 unspecified atom stereocenters. The van der Waals surface area contributed by atoms with Crippen LogP contribution in [-0.2, 0) is 0 Å². The van der Waals surface area contributed by atoms with Gasteiger partial charge in [-0.25, -0.2) is 0 Å². The summed E-state index contributed by atoms with van der Waals surface area (Å²) in [5, 5.41) is 9.46. The third-order valence-electron chi connectivity index (χ3n) is 1.62. The minimum Gasteiger partial charge on any atom is -0.479 e. The zero-order chi connectivity index (χ0) is 8.39. The van der Waals surface area contributed by atoms with E-state index in [0.717, 1.165) is 10.8 Å². The Kier molecular flexibility index (Phi) is 1.59. The fourth-order valence-electron chi connectivity index (χ4n) is 1.05. The number of pyridine rings is 1. The van der Waals surface area contributed by atoms with Gasteiger partial charge in [-0.2, -0.15) is 5.10 Å². The van der Waals surface area contributed by atoms with Crippen molar-refractivity contribution in [1.29, 1.82) is 0 Å². The van der Waals surface area contributed by atoms with E-state index in [1.807, 2.05) is 6.07 Å². The van der Waals surface area contributed by atoms with Gasteiger partial charge in [-0.1, -0.05) is 0 Å². The summed E-state index contributed by atoms with van der Waals surface area (Å²) in [6, 6.07) is 1.85. The first-order chi connectivity index (χ1) is 5.92. The largest absolute Gasteiger partial charge is 0.479 e. The third-order valence-corrected chi connectivity index (χ3v) is 1.62. The topological polar surface area (TPSA) is 47.9 Å². The van der Waals surface area contributed by atoms with Crippen molar-refractivity contribution >= 4 is 10.8 Å². The number of ether oxygens (including phenoxy) is 1. The summed E-state index contributed by atoms with van der Waals surface area (Å²) in [5.41, 5.74) is 0. The minimum absolute atomic E-state index is 0.537. The van der Waals surface area contributed by atoms with Crippen molar-refractivity contribution < 1.29 is 4.74 Å². The van der Waals surface area contributed by atoms with Gasteiger partial charge < -0.3 is 4.74 Å². The maximum atomic E-state index is 5.03. The Labute approximate surface area is 69.2 Å². The molecule has 0 aliphatic carbocycles. The van der Waals surface area contributed by atoms with Crippen LogP contribution in [0, 0.1) is 0 Å². The summed E-state index contributed by atoms with van der Waals surface area (Å²) in [6.45, 7) is 0. The average molecular weight is 161 g/mol. The molecule has 0 saturated heterocycles. The molecule has 0 radical (unpaired) electrons. The quantitative estimate of drug-likeness (QED) is 0.626. The molecule has 2 rings (SSSR count).